The van der Waals surface area contributed by atoms with Crippen molar-refractivity contribution in [2.45, 2.75) is 45.1 Å². The van der Waals surface area contributed by atoms with Crippen LogP contribution in [0.15, 0.2) is 24.3 Å². The minimum Gasteiger partial charge on any atom is -0.489 e. The smallest absolute Gasteiger partial charge is 0.135 e. The summed E-state index contributed by atoms with van der Waals surface area (Å²) in [5, 5.41) is 8.77. The molecule has 1 aliphatic rings. The number of rotatable bonds is 3. The van der Waals surface area contributed by atoms with Gasteiger partial charge in [0, 0.05) is 6.42 Å². The zero-order chi connectivity index (χ0) is 13.5. The monoisotopic (exact) mass is 258 g/mol. The maximum absolute atomic E-state index is 8.77. The molecule has 1 aliphatic carbocycles. The van der Waals surface area contributed by atoms with Crippen LogP contribution in [-0.4, -0.2) is 17.8 Å². The third-order valence-electron chi connectivity index (χ3n) is 3.60. The highest BCUT2D eigenvalue weighted by molar-refractivity contribution is 5.46. The van der Waals surface area contributed by atoms with Gasteiger partial charge in [-0.2, -0.15) is 0 Å². The second-order valence-corrected chi connectivity index (χ2v) is 5.27. The van der Waals surface area contributed by atoms with Crippen molar-refractivity contribution in [3.63, 3.8) is 0 Å². The number of aliphatic hydroxyl groups excluding tert-OH is 1. The number of hydrogen-bond acceptors (Lipinski definition) is 2. The quantitative estimate of drug-likeness (QED) is 0.842. The lowest BCUT2D eigenvalue weighted by Gasteiger charge is -2.27. The van der Waals surface area contributed by atoms with Crippen molar-refractivity contribution < 1.29 is 9.84 Å². The first-order valence-electron chi connectivity index (χ1n) is 7.15. The van der Waals surface area contributed by atoms with Crippen molar-refractivity contribution in [3.05, 3.63) is 29.8 Å². The average Bonchev–Trinajstić information content (AvgIpc) is 2.43. The summed E-state index contributed by atoms with van der Waals surface area (Å²) in [5.74, 6) is 7.75. The van der Waals surface area contributed by atoms with Crippen molar-refractivity contribution in [2.75, 3.05) is 6.61 Å². The fraction of sp³-hybridized carbons (Fsp3) is 0.529. The van der Waals surface area contributed by atoms with Crippen LogP contribution in [0.2, 0.25) is 0 Å². The predicted octanol–water partition coefficient (Wildman–Crippen LogP) is 3.38. The van der Waals surface area contributed by atoms with Gasteiger partial charge in [0.15, 0.2) is 0 Å². The van der Waals surface area contributed by atoms with Crippen LogP contribution < -0.4 is 4.74 Å². The Kier molecular flexibility index (Phi) is 5.30. The zero-order valence-electron chi connectivity index (χ0n) is 11.6. The molecule has 2 rings (SSSR count). The lowest BCUT2D eigenvalue weighted by Crippen LogP contribution is -2.23. The molecule has 0 saturated heterocycles. The molecule has 19 heavy (non-hydrogen) atoms. The van der Waals surface area contributed by atoms with Gasteiger partial charge in [0.05, 0.1) is 18.3 Å². The van der Waals surface area contributed by atoms with E-state index in [1.54, 1.807) is 0 Å². The van der Waals surface area contributed by atoms with Crippen molar-refractivity contribution >= 4 is 0 Å². The van der Waals surface area contributed by atoms with Crippen LogP contribution >= 0.6 is 0 Å². The van der Waals surface area contributed by atoms with Crippen LogP contribution in [0.25, 0.3) is 0 Å². The summed E-state index contributed by atoms with van der Waals surface area (Å²) in [6.07, 6.45) is 5.62. The minimum absolute atomic E-state index is 0.108. The molecule has 0 aliphatic heterocycles. The molecule has 1 aromatic carbocycles. The summed E-state index contributed by atoms with van der Waals surface area (Å²) < 4.78 is 6.10. The summed E-state index contributed by atoms with van der Waals surface area (Å²) in [7, 11) is 0. The van der Waals surface area contributed by atoms with Crippen LogP contribution in [0.1, 0.15) is 44.6 Å². The average molecular weight is 258 g/mol. The molecule has 0 spiro atoms. The summed E-state index contributed by atoms with van der Waals surface area (Å²) in [4.78, 5) is 0. The fourth-order valence-corrected chi connectivity index (χ4v) is 2.41. The Morgan fingerprint density at radius 1 is 1.21 bits per heavy atom. The molecule has 0 radical (unpaired) electrons. The summed E-state index contributed by atoms with van der Waals surface area (Å²) in [5.41, 5.74) is 0.926. The normalized spacial score (nSPS) is 22.4. The summed E-state index contributed by atoms with van der Waals surface area (Å²) in [6.45, 7) is 2.42. The molecule has 1 aromatic rings. The highest BCUT2D eigenvalue weighted by atomic mass is 16.5. The molecule has 2 heteroatoms. The van der Waals surface area contributed by atoms with Gasteiger partial charge in [-0.15, -0.1) is 0 Å². The van der Waals surface area contributed by atoms with Gasteiger partial charge in [-0.05, 0) is 43.7 Å². The molecular weight excluding hydrogens is 236 g/mol. The molecule has 102 valence electrons. The zero-order valence-corrected chi connectivity index (χ0v) is 11.6. The van der Waals surface area contributed by atoms with E-state index in [-0.39, 0.29) is 6.61 Å². The largest absolute Gasteiger partial charge is 0.489 e. The molecule has 0 heterocycles. The van der Waals surface area contributed by atoms with Crippen molar-refractivity contribution in [3.8, 4) is 17.6 Å². The maximum atomic E-state index is 8.77. The number of para-hydroxylation sites is 1. The lowest BCUT2D eigenvalue weighted by atomic mass is 9.89. The van der Waals surface area contributed by atoms with Gasteiger partial charge in [0.2, 0.25) is 0 Å². The molecule has 0 aromatic heterocycles. The molecule has 0 atom stereocenters. The predicted molar refractivity (Wildman–Crippen MR) is 77.1 cm³/mol. The molecule has 1 saturated carbocycles. The van der Waals surface area contributed by atoms with Gasteiger partial charge < -0.3 is 9.84 Å². The van der Waals surface area contributed by atoms with Gasteiger partial charge in [0.25, 0.3) is 0 Å². The number of hydrogen-bond donors (Lipinski definition) is 1. The van der Waals surface area contributed by atoms with E-state index in [1.807, 2.05) is 24.3 Å². The van der Waals surface area contributed by atoms with E-state index < -0.39 is 0 Å². The third kappa shape index (κ3) is 4.29. The van der Waals surface area contributed by atoms with E-state index in [0.717, 1.165) is 30.1 Å². The Bertz CT molecular complexity index is 448. The Morgan fingerprint density at radius 2 is 1.95 bits per heavy atom. The maximum Gasteiger partial charge on any atom is 0.135 e. The van der Waals surface area contributed by atoms with E-state index in [0.29, 0.717) is 12.5 Å². The Hall–Kier alpha value is -1.46. The van der Waals surface area contributed by atoms with E-state index in [4.69, 9.17) is 9.84 Å². The third-order valence-corrected chi connectivity index (χ3v) is 3.60. The van der Waals surface area contributed by atoms with Gasteiger partial charge >= 0.3 is 0 Å². The Labute approximate surface area is 115 Å². The van der Waals surface area contributed by atoms with E-state index >= 15 is 0 Å². The summed E-state index contributed by atoms with van der Waals surface area (Å²) in [6, 6.07) is 7.92. The standard InChI is InChI=1S/C17H22O2/c1-14-9-11-16(12-10-14)19-17-8-3-2-6-15(17)7-4-5-13-18/h2-3,6,8,14,16,18H,5,9-13H2,1H3. The lowest BCUT2D eigenvalue weighted by molar-refractivity contribution is 0.135. The van der Waals surface area contributed by atoms with Crippen molar-refractivity contribution in [2.24, 2.45) is 5.92 Å². The van der Waals surface area contributed by atoms with Crippen LogP contribution in [0, 0.1) is 17.8 Å². The number of benzene rings is 1. The Morgan fingerprint density at radius 3 is 2.68 bits per heavy atom. The number of aliphatic hydroxyl groups is 1. The van der Waals surface area contributed by atoms with Gasteiger partial charge in [-0.25, -0.2) is 0 Å². The molecule has 1 N–H and O–H groups in total. The molecule has 0 unspecified atom stereocenters. The molecule has 0 amide bonds. The molecular formula is C17H22O2. The molecule has 2 nitrogen and oxygen atoms in total. The minimum atomic E-state index is 0.108. The fourth-order valence-electron chi connectivity index (χ4n) is 2.41. The van der Waals surface area contributed by atoms with E-state index in [9.17, 15) is 0 Å². The molecule has 0 bridgehead atoms. The number of ether oxygens (including phenoxy) is 1. The van der Waals surface area contributed by atoms with Crippen molar-refractivity contribution in [1.82, 2.24) is 0 Å². The first-order valence-corrected chi connectivity index (χ1v) is 7.15. The van der Waals surface area contributed by atoms with E-state index in [2.05, 4.69) is 18.8 Å². The van der Waals surface area contributed by atoms with E-state index in [1.165, 1.54) is 12.8 Å². The topological polar surface area (TPSA) is 29.5 Å². The second kappa shape index (κ2) is 7.21. The van der Waals surface area contributed by atoms with Gasteiger partial charge in [-0.3, -0.25) is 0 Å². The highest BCUT2D eigenvalue weighted by Crippen LogP contribution is 2.28. The first kappa shape index (κ1) is 14.0. The van der Waals surface area contributed by atoms with Crippen LogP contribution in [-0.2, 0) is 0 Å². The first-order chi connectivity index (χ1) is 9.29. The van der Waals surface area contributed by atoms with Crippen molar-refractivity contribution in [1.29, 1.82) is 0 Å². The second-order valence-electron chi connectivity index (χ2n) is 5.27. The van der Waals surface area contributed by atoms with Gasteiger partial charge in [-0.1, -0.05) is 30.9 Å². The Balaban J connectivity index is 2.02. The SMILES string of the molecule is CC1CCC(Oc2ccccc2C#CCCO)CC1. The van der Waals surface area contributed by atoms with Gasteiger partial charge in [0.1, 0.15) is 5.75 Å². The van der Waals surface area contributed by atoms with Crippen LogP contribution in [0.3, 0.4) is 0 Å². The highest BCUT2D eigenvalue weighted by Gasteiger charge is 2.20. The summed E-state index contributed by atoms with van der Waals surface area (Å²) >= 11 is 0. The van der Waals surface area contributed by atoms with Crippen LogP contribution in [0.5, 0.6) is 5.75 Å². The molecule has 1 fully saturated rings. The van der Waals surface area contributed by atoms with Crippen LogP contribution in [0.4, 0.5) is 0 Å².